The van der Waals surface area contributed by atoms with Crippen molar-refractivity contribution in [3.63, 3.8) is 0 Å². The molecule has 27 heavy (non-hydrogen) atoms. The largest absolute Gasteiger partial charge is 0.342 e. The second-order valence-electron chi connectivity index (χ2n) is 6.89. The second kappa shape index (κ2) is 8.39. The standard InChI is InChI=1S/C18H23ClN4O3S/c1-27(25,26)16-10-15(19)11-21-18(16)14-4-2-8-23(12-14)17(24)5-3-7-22-9-6-20-13-22/h6,9-11,13-14H,2-5,7-8,12H2,1H3. The lowest BCUT2D eigenvalue weighted by Crippen LogP contribution is -2.39. The van der Waals surface area contributed by atoms with Crippen LogP contribution in [-0.4, -0.2) is 53.1 Å². The number of carbonyl (C=O) groups is 1. The molecule has 1 saturated heterocycles. The van der Waals surface area contributed by atoms with Crippen molar-refractivity contribution in [1.29, 1.82) is 0 Å². The number of likely N-dealkylation sites (tertiary alicyclic amines) is 1. The highest BCUT2D eigenvalue weighted by atomic mass is 35.5. The molecule has 9 heteroatoms. The zero-order valence-electron chi connectivity index (χ0n) is 15.2. The highest BCUT2D eigenvalue weighted by Crippen LogP contribution is 2.31. The van der Waals surface area contributed by atoms with Crippen LogP contribution < -0.4 is 0 Å². The predicted molar refractivity (Wildman–Crippen MR) is 102 cm³/mol. The predicted octanol–water partition coefficient (Wildman–Crippen LogP) is 2.52. The molecule has 0 bridgehead atoms. The molecule has 1 aliphatic rings. The molecule has 0 radical (unpaired) electrons. The Morgan fingerprint density at radius 1 is 1.41 bits per heavy atom. The molecule has 0 saturated carbocycles. The van der Waals surface area contributed by atoms with Crippen LogP contribution in [0.2, 0.25) is 5.02 Å². The van der Waals surface area contributed by atoms with E-state index >= 15 is 0 Å². The number of halogens is 1. The molecule has 3 rings (SSSR count). The van der Waals surface area contributed by atoms with Crippen LogP contribution in [0.4, 0.5) is 0 Å². The molecule has 146 valence electrons. The summed E-state index contributed by atoms with van der Waals surface area (Å²) in [7, 11) is -3.44. The maximum atomic E-state index is 12.6. The molecule has 1 aliphatic heterocycles. The van der Waals surface area contributed by atoms with Crippen molar-refractivity contribution < 1.29 is 13.2 Å². The van der Waals surface area contributed by atoms with Crippen molar-refractivity contribution in [2.24, 2.45) is 0 Å². The number of rotatable bonds is 6. The lowest BCUT2D eigenvalue weighted by atomic mass is 9.94. The summed E-state index contributed by atoms with van der Waals surface area (Å²) in [5.74, 6) is -0.00646. The summed E-state index contributed by atoms with van der Waals surface area (Å²) >= 11 is 5.94. The first-order chi connectivity index (χ1) is 12.8. The Labute approximate surface area is 164 Å². The third-order valence-electron chi connectivity index (χ3n) is 4.77. The molecular weight excluding hydrogens is 388 g/mol. The molecule has 0 N–H and O–H groups in total. The molecule has 2 aromatic rings. The van der Waals surface area contributed by atoms with Crippen molar-refractivity contribution in [2.75, 3.05) is 19.3 Å². The van der Waals surface area contributed by atoms with Crippen LogP contribution in [0, 0.1) is 0 Å². The number of sulfone groups is 1. The third kappa shape index (κ3) is 5.07. The quantitative estimate of drug-likeness (QED) is 0.730. The van der Waals surface area contributed by atoms with Crippen molar-refractivity contribution in [3.8, 4) is 0 Å². The van der Waals surface area contributed by atoms with Gasteiger partial charge in [0.15, 0.2) is 9.84 Å². The van der Waals surface area contributed by atoms with Crippen molar-refractivity contribution >= 4 is 27.3 Å². The first-order valence-corrected chi connectivity index (χ1v) is 11.2. The molecule has 1 fully saturated rings. The summed E-state index contributed by atoms with van der Waals surface area (Å²) in [5, 5.41) is 0.294. The van der Waals surface area contributed by atoms with Gasteiger partial charge in [0.1, 0.15) is 0 Å². The fraction of sp³-hybridized carbons (Fsp3) is 0.500. The number of pyridine rings is 1. The SMILES string of the molecule is CS(=O)(=O)c1cc(Cl)cnc1C1CCCN(C(=O)CCCn2ccnc2)C1. The minimum absolute atomic E-state index is 0.0923. The van der Waals surface area contributed by atoms with E-state index in [4.69, 9.17) is 11.6 Å². The molecular formula is C18H23ClN4O3S. The van der Waals surface area contributed by atoms with Crippen molar-refractivity contribution in [3.05, 3.63) is 41.7 Å². The van der Waals surface area contributed by atoms with Crippen molar-refractivity contribution in [2.45, 2.75) is 43.0 Å². The summed E-state index contributed by atoms with van der Waals surface area (Å²) < 4.78 is 26.2. The Morgan fingerprint density at radius 3 is 2.93 bits per heavy atom. The molecule has 1 amide bonds. The smallest absolute Gasteiger partial charge is 0.222 e. The topological polar surface area (TPSA) is 85.2 Å². The number of aryl methyl sites for hydroxylation is 1. The summed E-state index contributed by atoms with van der Waals surface area (Å²) in [6.07, 6.45) is 10.8. The number of nitrogens with zero attached hydrogens (tertiary/aromatic N) is 4. The van der Waals surface area contributed by atoms with Crippen LogP contribution in [0.1, 0.15) is 37.3 Å². The lowest BCUT2D eigenvalue weighted by molar-refractivity contribution is -0.132. The Bertz CT molecular complexity index is 899. The van der Waals surface area contributed by atoms with Gasteiger partial charge < -0.3 is 9.47 Å². The highest BCUT2D eigenvalue weighted by molar-refractivity contribution is 7.90. The molecule has 0 aromatic carbocycles. The second-order valence-corrected chi connectivity index (χ2v) is 9.31. The van der Waals surface area contributed by atoms with Gasteiger partial charge in [-0.1, -0.05) is 11.6 Å². The zero-order valence-corrected chi connectivity index (χ0v) is 16.8. The minimum atomic E-state index is -3.44. The van der Waals surface area contributed by atoms with E-state index < -0.39 is 9.84 Å². The number of hydrogen-bond donors (Lipinski definition) is 0. The normalized spacial score (nSPS) is 17.9. The molecule has 1 unspecified atom stereocenters. The van der Waals surface area contributed by atoms with E-state index in [1.54, 1.807) is 12.5 Å². The van der Waals surface area contributed by atoms with E-state index in [-0.39, 0.29) is 16.7 Å². The Morgan fingerprint density at radius 2 is 2.22 bits per heavy atom. The van der Waals surface area contributed by atoms with Gasteiger partial charge in [0.05, 0.1) is 21.9 Å². The zero-order chi connectivity index (χ0) is 19.4. The average molecular weight is 411 g/mol. The van der Waals surface area contributed by atoms with Crippen LogP contribution in [-0.2, 0) is 21.2 Å². The first-order valence-electron chi connectivity index (χ1n) is 8.93. The number of amides is 1. The van der Waals surface area contributed by atoms with Gasteiger partial charge >= 0.3 is 0 Å². The van der Waals surface area contributed by atoms with Gasteiger partial charge in [0.25, 0.3) is 0 Å². The van der Waals surface area contributed by atoms with Crippen LogP contribution in [0.25, 0.3) is 0 Å². The third-order valence-corrected chi connectivity index (χ3v) is 6.11. The first kappa shape index (κ1) is 19.8. The maximum absolute atomic E-state index is 12.6. The van der Waals surface area contributed by atoms with E-state index in [0.717, 1.165) is 32.1 Å². The van der Waals surface area contributed by atoms with E-state index in [9.17, 15) is 13.2 Å². The Hall–Kier alpha value is -1.93. The number of imidazole rings is 1. The Kier molecular flexibility index (Phi) is 6.16. The molecule has 2 aromatic heterocycles. The molecule has 0 spiro atoms. The van der Waals surface area contributed by atoms with Crippen LogP contribution >= 0.6 is 11.6 Å². The monoisotopic (exact) mass is 410 g/mol. The summed E-state index contributed by atoms with van der Waals surface area (Å²) in [6.45, 7) is 1.93. The summed E-state index contributed by atoms with van der Waals surface area (Å²) in [4.78, 5) is 22.9. The van der Waals surface area contributed by atoms with Gasteiger partial charge in [0, 0.05) is 56.8 Å². The van der Waals surface area contributed by atoms with Gasteiger partial charge in [0.2, 0.25) is 5.91 Å². The molecule has 0 aliphatic carbocycles. The van der Waals surface area contributed by atoms with E-state index in [0.29, 0.717) is 30.2 Å². The van der Waals surface area contributed by atoms with Crippen molar-refractivity contribution in [1.82, 2.24) is 19.4 Å². The molecule has 7 nitrogen and oxygen atoms in total. The van der Waals surface area contributed by atoms with Gasteiger partial charge in [-0.3, -0.25) is 9.78 Å². The average Bonchev–Trinajstić information content (AvgIpc) is 3.14. The lowest BCUT2D eigenvalue weighted by Gasteiger charge is -2.33. The highest BCUT2D eigenvalue weighted by Gasteiger charge is 2.29. The fourth-order valence-electron chi connectivity index (χ4n) is 3.45. The van der Waals surface area contributed by atoms with Gasteiger partial charge in [-0.25, -0.2) is 13.4 Å². The number of piperidine rings is 1. The maximum Gasteiger partial charge on any atom is 0.222 e. The van der Waals surface area contributed by atoms with E-state index in [1.165, 1.54) is 12.3 Å². The summed E-state index contributed by atoms with van der Waals surface area (Å²) in [5.41, 5.74) is 0.512. The number of hydrogen-bond acceptors (Lipinski definition) is 5. The van der Waals surface area contributed by atoms with Crippen LogP contribution in [0.15, 0.2) is 35.9 Å². The number of aromatic nitrogens is 3. The molecule has 3 heterocycles. The Balaban J connectivity index is 1.66. The van der Waals surface area contributed by atoms with Gasteiger partial charge in [-0.2, -0.15) is 0 Å². The minimum Gasteiger partial charge on any atom is -0.342 e. The molecule has 1 atom stereocenters. The van der Waals surface area contributed by atoms with Gasteiger partial charge in [-0.05, 0) is 25.3 Å². The fourth-order valence-corrected chi connectivity index (χ4v) is 4.61. The number of carbonyl (C=O) groups excluding carboxylic acids is 1. The van der Waals surface area contributed by atoms with Crippen LogP contribution in [0.5, 0.6) is 0 Å². The van der Waals surface area contributed by atoms with E-state index in [1.807, 2.05) is 15.7 Å². The summed E-state index contributed by atoms with van der Waals surface area (Å²) in [6, 6.07) is 1.45. The van der Waals surface area contributed by atoms with E-state index in [2.05, 4.69) is 9.97 Å². The van der Waals surface area contributed by atoms with Crippen LogP contribution in [0.3, 0.4) is 0 Å². The van der Waals surface area contributed by atoms with Gasteiger partial charge in [-0.15, -0.1) is 0 Å².